The average molecular weight is 302 g/mol. The van der Waals surface area contributed by atoms with E-state index < -0.39 is 23.9 Å². The van der Waals surface area contributed by atoms with Gasteiger partial charge in [-0.2, -0.15) is 0 Å². The Morgan fingerprint density at radius 1 is 0.955 bits per heavy atom. The summed E-state index contributed by atoms with van der Waals surface area (Å²) in [6, 6.07) is 7.70. The number of hydrogen-bond acceptors (Lipinski definition) is 6. The van der Waals surface area contributed by atoms with Crippen LogP contribution in [0.15, 0.2) is 68.6 Å². The van der Waals surface area contributed by atoms with Crippen LogP contribution in [0.1, 0.15) is 34.1 Å². The van der Waals surface area contributed by atoms with E-state index in [-0.39, 0.29) is 11.5 Å². The van der Waals surface area contributed by atoms with Crippen molar-refractivity contribution in [2.24, 2.45) is 5.92 Å². The van der Waals surface area contributed by atoms with Crippen LogP contribution >= 0.6 is 0 Å². The highest BCUT2D eigenvalue weighted by molar-refractivity contribution is 5.96. The minimum atomic E-state index is -1.32. The maximum absolute atomic E-state index is 12.6. The van der Waals surface area contributed by atoms with Gasteiger partial charge in [0, 0.05) is 5.56 Å². The summed E-state index contributed by atoms with van der Waals surface area (Å²) >= 11 is 0. The molecule has 0 saturated carbocycles. The summed E-state index contributed by atoms with van der Waals surface area (Å²) in [5, 5.41) is 20.9. The quantitative estimate of drug-likeness (QED) is 0.679. The molecule has 0 fully saturated rings. The highest BCUT2D eigenvalue weighted by Crippen LogP contribution is 2.35. The van der Waals surface area contributed by atoms with Crippen LogP contribution in [0.4, 0.5) is 0 Å². The van der Waals surface area contributed by atoms with E-state index in [1.165, 1.54) is 43.3 Å². The van der Waals surface area contributed by atoms with Crippen molar-refractivity contribution >= 4 is 5.78 Å². The fourth-order valence-electron chi connectivity index (χ4n) is 2.33. The fourth-order valence-corrected chi connectivity index (χ4v) is 2.33. The Morgan fingerprint density at radius 3 is 2.32 bits per heavy atom. The summed E-state index contributed by atoms with van der Waals surface area (Å²) in [6.45, 7) is 0. The fraction of sp³-hybridized carbons (Fsp3) is 0.188. The summed E-state index contributed by atoms with van der Waals surface area (Å²) in [5.41, 5.74) is 0.385. The summed E-state index contributed by atoms with van der Waals surface area (Å²) < 4.78 is 15.2. The molecule has 6 heteroatoms. The van der Waals surface area contributed by atoms with Crippen LogP contribution in [-0.4, -0.2) is 16.0 Å². The van der Waals surface area contributed by atoms with E-state index in [1.54, 1.807) is 12.1 Å². The summed E-state index contributed by atoms with van der Waals surface area (Å²) in [6.07, 6.45) is 2.85. The molecule has 0 aromatic carbocycles. The topological polar surface area (TPSA) is 97.0 Å². The molecule has 0 aliphatic heterocycles. The minimum absolute atomic E-state index is 0.0538. The van der Waals surface area contributed by atoms with Gasteiger partial charge in [0.15, 0.2) is 5.76 Å². The number of carbonyl (C=O) groups is 1. The Bertz CT molecular complexity index is 656. The predicted octanol–water partition coefficient (Wildman–Crippen LogP) is 2.73. The Labute approximate surface area is 125 Å². The van der Waals surface area contributed by atoms with Gasteiger partial charge in [-0.25, -0.2) is 0 Å². The van der Waals surface area contributed by atoms with E-state index in [4.69, 9.17) is 13.3 Å². The first-order chi connectivity index (χ1) is 10.7. The largest absolute Gasteiger partial charge is 0.472 e. The van der Waals surface area contributed by atoms with E-state index in [0.717, 1.165) is 0 Å². The van der Waals surface area contributed by atoms with Crippen LogP contribution in [0.3, 0.4) is 0 Å². The first kappa shape index (κ1) is 14.4. The lowest BCUT2D eigenvalue weighted by Gasteiger charge is -2.23. The molecule has 0 aliphatic rings. The normalized spacial score (nSPS) is 15.4. The third-order valence-electron chi connectivity index (χ3n) is 3.47. The lowest BCUT2D eigenvalue weighted by Crippen LogP contribution is -2.28. The van der Waals surface area contributed by atoms with Crippen LogP contribution in [0.2, 0.25) is 0 Å². The van der Waals surface area contributed by atoms with Crippen LogP contribution in [-0.2, 0) is 0 Å². The Morgan fingerprint density at radius 2 is 1.73 bits per heavy atom. The number of furan rings is 3. The Kier molecular flexibility index (Phi) is 3.95. The van der Waals surface area contributed by atoms with Gasteiger partial charge < -0.3 is 23.5 Å². The van der Waals surface area contributed by atoms with Gasteiger partial charge in [0.25, 0.3) is 0 Å². The van der Waals surface area contributed by atoms with E-state index in [0.29, 0.717) is 5.56 Å². The van der Waals surface area contributed by atoms with Gasteiger partial charge in [-0.15, -0.1) is 0 Å². The van der Waals surface area contributed by atoms with Crippen molar-refractivity contribution < 1.29 is 28.3 Å². The first-order valence-corrected chi connectivity index (χ1v) is 6.68. The van der Waals surface area contributed by atoms with Crippen molar-refractivity contribution in [1.82, 2.24) is 0 Å². The molecule has 6 nitrogen and oxygen atoms in total. The van der Waals surface area contributed by atoms with E-state index in [9.17, 15) is 15.0 Å². The third-order valence-corrected chi connectivity index (χ3v) is 3.47. The van der Waals surface area contributed by atoms with Gasteiger partial charge in [0.05, 0.1) is 37.1 Å². The maximum atomic E-state index is 12.6. The molecule has 1 unspecified atom stereocenters. The lowest BCUT2D eigenvalue weighted by atomic mass is 9.86. The molecule has 0 amide bonds. The van der Waals surface area contributed by atoms with Crippen LogP contribution < -0.4 is 0 Å². The van der Waals surface area contributed by atoms with E-state index in [2.05, 4.69) is 0 Å². The minimum Gasteiger partial charge on any atom is -0.472 e. The second-order valence-corrected chi connectivity index (χ2v) is 4.83. The van der Waals surface area contributed by atoms with Crippen molar-refractivity contribution in [3.63, 3.8) is 0 Å². The molecule has 0 spiro atoms. The maximum Gasteiger partial charge on any atom is 0.207 e. The molecule has 3 aromatic rings. The highest BCUT2D eigenvalue weighted by atomic mass is 16.4. The number of carbonyl (C=O) groups excluding carboxylic acids is 1. The molecule has 2 N–H and O–H groups in total. The molecule has 3 aromatic heterocycles. The Hall–Kier alpha value is -2.57. The van der Waals surface area contributed by atoms with E-state index in [1.807, 2.05) is 0 Å². The average Bonchev–Trinajstić information content (AvgIpc) is 3.29. The van der Waals surface area contributed by atoms with Gasteiger partial charge in [-0.1, -0.05) is 0 Å². The smallest absolute Gasteiger partial charge is 0.207 e. The van der Waals surface area contributed by atoms with Gasteiger partial charge in [-0.3, -0.25) is 4.79 Å². The van der Waals surface area contributed by atoms with Crippen LogP contribution in [0.5, 0.6) is 0 Å². The first-order valence-electron chi connectivity index (χ1n) is 6.68. The zero-order valence-electron chi connectivity index (χ0n) is 11.5. The van der Waals surface area contributed by atoms with Gasteiger partial charge in [0.1, 0.15) is 11.9 Å². The number of hydrogen-bond donors (Lipinski definition) is 2. The summed E-state index contributed by atoms with van der Waals surface area (Å²) in [4.78, 5) is 12.6. The van der Waals surface area contributed by atoms with Gasteiger partial charge >= 0.3 is 0 Å². The number of ketones is 1. The van der Waals surface area contributed by atoms with Crippen LogP contribution in [0, 0.1) is 5.92 Å². The number of aliphatic hydroxyl groups is 2. The van der Waals surface area contributed by atoms with Crippen molar-refractivity contribution in [1.29, 1.82) is 0 Å². The molecule has 0 saturated heterocycles. The summed E-state index contributed by atoms with van der Waals surface area (Å²) in [5.74, 6) is -1.47. The zero-order valence-corrected chi connectivity index (χ0v) is 11.5. The monoisotopic (exact) mass is 302 g/mol. The highest BCUT2D eigenvalue weighted by Gasteiger charge is 2.38. The third kappa shape index (κ3) is 2.61. The molecule has 3 rings (SSSR count). The second-order valence-electron chi connectivity index (χ2n) is 4.83. The zero-order chi connectivity index (χ0) is 15.5. The Balaban J connectivity index is 1.96. The van der Waals surface area contributed by atoms with Crippen molar-refractivity contribution in [3.05, 3.63) is 72.5 Å². The van der Waals surface area contributed by atoms with Gasteiger partial charge in [-0.05, 0) is 30.3 Å². The van der Waals surface area contributed by atoms with Crippen molar-refractivity contribution in [2.75, 3.05) is 0 Å². The molecule has 3 atom stereocenters. The van der Waals surface area contributed by atoms with Gasteiger partial charge in [0.2, 0.25) is 5.78 Å². The van der Waals surface area contributed by atoms with Crippen molar-refractivity contribution in [3.8, 4) is 0 Å². The molecular formula is C16H14O6. The van der Waals surface area contributed by atoms with E-state index >= 15 is 0 Å². The van der Waals surface area contributed by atoms with Crippen molar-refractivity contribution in [2.45, 2.75) is 12.2 Å². The molecule has 0 aliphatic carbocycles. The molecule has 3 heterocycles. The molecule has 114 valence electrons. The lowest BCUT2D eigenvalue weighted by molar-refractivity contribution is 0.00430. The summed E-state index contributed by atoms with van der Waals surface area (Å²) in [7, 11) is 0. The second kappa shape index (κ2) is 6.05. The molecule has 22 heavy (non-hydrogen) atoms. The number of aliphatic hydroxyl groups excluding tert-OH is 2. The number of Topliss-reactive ketones (excluding diaryl/α,β-unsaturated/α-hetero) is 1. The molecular weight excluding hydrogens is 288 g/mol. The molecule has 0 radical (unpaired) electrons. The van der Waals surface area contributed by atoms with Crippen LogP contribution in [0.25, 0.3) is 0 Å². The SMILES string of the molecule is O=C(c1ccco1)C([C@@H](O)c1ccoc1)[C@@H](O)c1ccco1. The number of rotatable bonds is 6. The molecule has 0 bridgehead atoms. The standard InChI is InChI=1S/C16H14O6/c17-14(10-5-8-20-9-10)13(15(18)11-3-1-6-21-11)16(19)12-4-2-7-22-12/h1-9,13-15,17-18H/t13?,14-,15-/m0/s1. The predicted molar refractivity (Wildman–Crippen MR) is 73.9 cm³/mol.